The summed E-state index contributed by atoms with van der Waals surface area (Å²) in [6.07, 6.45) is 1.37. The number of nitrogens with zero attached hydrogens (tertiary/aromatic N) is 2. The Labute approximate surface area is 225 Å². The molecule has 0 saturated carbocycles. The van der Waals surface area contributed by atoms with Crippen molar-refractivity contribution >= 4 is 46.4 Å². The van der Waals surface area contributed by atoms with Gasteiger partial charge in [-0.15, -0.1) is 11.3 Å². The minimum absolute atomic E-state index is 0.0546. The number of rotatable bonds is 9. The lowest BCUT2D eigenvalue weighted by Gasteiger charge is -2.38. The summed E-state index contributed by atoms with van der Waals surface area (Å²) >= 11 is 14.4. The highest BCUT2D eigenvalue weighted by Gasteiger charge is 2.35. The van der Waals surface area contributed by atoms with Crippen LogP contribution in [0.2, 0.25) is 10.0 Å². The van der Waals surface area contributed by atoms with Gasteiger partial charge in [0, 0.05) is 47.3 Å². The van der Waals surface area contributed by atoms with Crippen molar-refractivity contribution < 1.29 is 19.1 Å². The molecule has 1 unspecified atom stereocenters. The van der Waals surface area contributed by atoms with Crippen molar-refractivity contribution in [3.05, 3.63) is 85.5 Å². The second kappa shape index (κ2) is 12.1. The first-order chi connectivity index (χ1) is 17.4. The molecule has 0 aliphatic carbocycles. The molecule has 3 aromatic rings. The summed E-state index contributed by atoms with van der Waals surface area (Å²) in [6, 6.07) is 14.0. The summed E-state index contributed by atoms with van der Waals surface area (Å²) in [5, 5.41) is 3.09. The lowest BCUT2D eigenvalue weighted by Crippen LogP contribution is -2.47. The lowest BCUT2D eigenvalue weighted by molar-refractivity contribution is -0.134. The van der Waals surface area contributed by atoms with Crippen molar-refractivity contribution in [2.75, 3.05) is 40.5 Å². The van der Waals surface area contributed by atoms with Crippen molar-refractivity contribution in [2.24, 2.45) is 0 Å². The van der Waals surface area contributed by atoms with Crippen LogP contribution in [0.1, 0.15) is 38.8 Å². The van der Waals surface area contributed by atoms with Gasteiger partial charge in [-0.25, -0.2) is 0 Å². The number of benzene rings is 2. The summed E-state index contributed by atoms with van der Waals surface area (Å²) in [5.74, 6) is 0.215. The maximum atomic E-state index is 13.8. The second-order valence-electron chi connectivity index (χ2n) is 8.51. The molecule has 0 saturated heterocycles. The van der Waals surface area contributed by atoms with E-state index in [0.29, 0.717) is 47.5 Å². The second-order valence-corrected chi connectivity index (χ2v) is 10.4. The van der Waals surface area contributed by atoms with Crippen LogP contribution in [0.15, 0.2) is 53.9 Å². The largest absolute Gasteiger partial charge is 0.497 e. The fourth-order valence-corrected chi connectivity index (χ4v) is 5.90. The fourth-order valence-electron chi connectivity index (χ4n) is 4.49. The van der Waals surface area contributed by atoms with E-state index >= 15 is 0 Å². The van der Waals surface area contributed by atoms with E-state index in [4.69, 9.17) is 32.7 Å². The fraction of sp³-hybridized carbons (Fsp3) is 0.333. The number of halogens is 2. The van der Waals surface area contributed by atoms with Crippen molar-refractivity contribution in [3.8, 4) is 5.75 Å². The number of amides is 2. The van der Waals surface area contributed by atoms with Gasteiger partial charge >= 0.3 is 0 Å². The van der Waals surface area contributed by atoms with E-state index in [-0.39, 0.29) is 24.4 Å². The highest BCUT2D eigenvalue weighted by Crippen LogP contribution is 2.41. The molecule has 1 aliphatic heterocycles. The zero-order valence-corrected chi connectivity index (χ0v) is 22.5. The molecule has 0 spiro atoms. The third-order valence-electron chi connectivity index (χ3n) is 6.25. The average molecular weight is 548 g/mol. The van der Waals surface area contributed by atoms with Gasteiger partial charge in [0.05, 0.1) is 13.2 Å². The van der Waals surface area contributed by atoms with Crippen LogP contribution >= 0.6 is 34.5 Å². The molecular formula is C27H28Cl2N2O4S. The number of carbonyl (C=O) groups is 2. The van der Waals surface area contributed by atoms with Crippen molar-refractivity contribution in [1.29, 1.82) is 0 Å². The number of ether oxygens (including phenoxy) is 2. The van der Waals surface area contributed by atoms with Crippen LogP contribution in [0.25, 0.3) is 0 Å². The molecule has 2 amide bonds. The third kappa shape index (κ3) is 5.86. The molecule has 1 aromatic heterocycles. The first-order valence-electron chi connectivity index (χ1n) is 11.7. The van der Waals surface area contributed by atoms with Crippen LogP contribution in [0.3, 0.4) is 0 Å². The maximum Gasteiger partial charge on any atom is 0.254 e. The Bertz CT molecular complexity index is 1230. The molecule has 0 N–H and O–H groups in total. The van der Waals surface area contributed by atoms with Gasteiger partial charge in [0.1, 0.15) is 12.3 Å². The van der Waals surface area contributed by atoms with Gasteiger partial charge in [-0.3, -0.25) is 9.59 Å². The monoisotopic (exact) mass is 546 g/mol. The zero-order chi connectivity index (χ0) is 25.7. The standard InChI is InChI=1S/C27H28Cl2N2O4S/c1-34-13-4-11-30(27(33)18-5-3-6-20(15-18)35-2)17-25(32)31-12-9-24-22(10-14-36-24)26(31)21-8-7-19(28)16-23(21)29/h3,5-8,10,14-16,26H,4,9,11-13,17H2,1-2H3. The third-order valence-corrected chi connectivity index (χ3v) is 7.81. The Balaban J connectivity index is 1.63. The Morgan fingerprint density at radius 2 is 1.94 bits per heavy atom. The minimum atomic E-state index is -0.343. The van der Waals surface area contributed by atoms with E-state index in [1.165, 1.54) is 4.88 Å². The van der Waals surface area contributed by atoms with Gasteiger partial charge < -0.3 is 19.3 Å². The van der Waals surface area contributed by atoms with E-state index in [0.717, 1.165) is 17.5 Å². The number of hydrogen-bond acceptors (Lipinski definition) is 5. The number of hydrogen-bond donors (Lipinski definition) is 0. The smallest absolute Gasteiger partial charge is 0.254 e. The summed E-state index contributed by atoms with van der Waals surface area (Å²) in [4.78, 5) is 31.9. The molecule has 1 atom stereocenters. The van der Waals surface area contributed by atoms with Crippen LogP contribution in [-0.4, -0.2) is 62.1 Å². The van der Waals surface area contributed by atoms with Gasteiger partial charge in [-0.2, -0.15) is 0 Å². The molecule has 190 valence electrons. The zero-order valence-electron chi connectivity index (χ0n) is 20.2. The normalized spacial score (nSPS) is 14.9. The number of thiophene rings is 1. The predicted molar refractivity (Wildman–Crippen MR) is 143 cm³/mol. The highest BCUT2D eigenvalue weighted by atomic mass is 35.5. The van der Waals surface area contributed by atoms with Gasteiger partial charge in [0.15, 0.2) is 0 Å². The average Bonchev–Trinajstić information content (AvgIpc) is 3.36. The Morgan fingerprint density at radius 1 is 1.11 bits per heavy atom. The molecule has 0 bridgehead atoms. The first kappa shape index (κ1) is 26.5. The Hall–Kier alpha value is -2.58. The molecule has 2 heterocycles. The van der Waals surface area contributed by atoms with Crippen LogP contribution < -0.4 is 4.74 Å². The summed E-state index contributed by atoms with van der Waals surface area (Å²) in [6.45, 7) is 1.36. The van der Waals surface area contributed by atoms with Crippen molar-refractivity contribution in [1.82, 2.24) is 9.80 Å². The van der Waals surface area contributed by atoms with Gasteiger partial charge in [-0.1, -0.05) is 35.3 Å². The summed E-state index contributed by atoms with van der Waals surface area (Å²) in [7, 11) is 3.17. The highest BCUT2D eigenvalue weighted by molar-refractivity contribution is 7.10. The molecule has 6 nitrogen and oxygen atoms in total. The summed E-state index contributed by atoms with van der Waals surface area (Å²) in [5.41, 5.74) is 2.35. The molecule has 9 heteroatoms. The van der Waals surface area contributed by atoms with E-state index in [1.807, 2.05) is 22.4 Å². The Kier molecular flexibility index (Phi) is 8.90. The van der Waals surface area contributed by atoms with Crippen molar-refractivity contribution in [2.45, 2.75) is 18.9 Å². The quantitative estimate of drug-likeness (QED) is 0.322. The lowest BCUT2D eigenvalue weighted by atomic mass is 9.93. The molecule has 4 rings (SSSR count). The van der Waals surface area contributed by atoms with Crippen molar-refractivity contribution in [3.63, 3.8) is 0 Å². The molecule has 36 heavy (non-hydrogen) atoms. The van der Waals surface area contributed by atoms with Gasteiger partial charge in [-0.05, 0) is 65.7 Å². The molecular weight excluding hydrogens is 519 g/mol. The van der Waals surface area contributed by atoms with Gasteiger partial charge in [0.25, 0.3) is 5.91 Å². The van der Waals surface area contributed by atoms with Crippen LogP contribution in [0.5, 0.6) is 5.75 Å². The van der Waals surface area contributed by atoms with E-state index in [1.54, 1.807) is 66.9 Å². The molecule has 0 fully saturated rings. The SMILES string of the molecule is COCCCN(CC(=O)N1CCc2sccc2C1c1ccc(Cl)cc1Cl)C(=O)c1cccc(OC)c1. The summed E-state index contributed by atoms with van der Waals surface area (Å²) < 4.78 is 10.5. The molecule has 2 aromatic carbocycles. The van der Waals surface area contributed by atoms with E-state index < -0.39 is 0 Å². The minimum Gasteiger partial charge on any atom is -0.497 e. The topological polar surface area (TPSA) is 59.1 Å². The first-order valence-corrected chi connectivity index (χ1v) is 13.3. The molecule has 1 aliphatic rings. The predicted octanol–water partition coefficient (Wildman–Crippen LogP) is 5.72. The number of carbonyl (C=O) groups excluding carboxylic acids is 2. The number of fused-ring (bicyclic) bond motifs is 1. The van der Waals surface area contributed by atoms with E-state index in [9.17, 15) is 9.59 Å². The Morgan fingerprint density at radius 3 is 2.69 bits per heavy atom. The molecule has 0 radical (unpaired) electrons. The maximum absolute atomic E-state index is 13.8. The number of methoxy groups -OCH3 is 2. The van der Waals surface area contributed by atoms with E-state index in [2.05, 4.69) is 0 Å². The van der Waals surface area contributed by atoms with Crippen LogP contribution in [0, 0.1) is 0 Å². The van der Waals surface area contributed by atoms with Gasteiger partial charge in [0.2, 0.25) is 5.91 Å². The van der Waals surface area contributed by atoms with Crippen LogP contribution in [-0.2, 0) is 16.0 Å². The van der Waals surface area contributed by atoms with Crippen LogP contribution in [0.4, 0.5) is 0 Å².